The highest BCUT2D eigenvalue weighted by molar-refractivity contribution is 5.96. The molecule has 1 saturated heterocycles. The van der Waals surface area contributed by atoms with Crippen LogP contribution in [0.5, 0.6) is 0 Å². The van der Waals surface area contributed by atoms with Crippen LogP contribution in [0.4, 0.5) is 0 Å². The highest BCUT2D eigenvalue weighted by Gasteiger charge is 2.43. The van der Waals surface area contributed by atoms with Gasteiger partial charge in [0.25, 0.3) is 11.5 Å². The molecule has 0 bridgehead atoms. The highest BCUT2D eigenvalue weighted by Crippen LogP contribution is 2.31. The summed E-state index contributed by atoms with van der Waals surface area (Å²) in [5.74, 6) is -1.34. The van der Waals surface area contributed by atoms with E-state index in [1.165, 1.54) is 11.9 Å². The minimum atomic E-state index is -0.948. The van der Waals surface area contributed by atoms with E-state index >= 15 is 0 Å². The van der Waals surface area contributed by atoms with Gasteiger partial charge in [-0.3, -0.25) is 14.4 Å². The van der Waals surface area contributed by atoms with Crippen molar-refractivity contribution >= 4 is 11.9 Å². The second kappa shape index (κ2) is 4.98. The lowest BCUT2D eigenvalue weighted by Crippen LogP contribution is -2.39. The number of rotatable bonds is 2. The monoisotopic (exact) mass is 293 g/mol. The molecule has 1 aromatic heterocycles. The van der Waals surface area contributed by atoms with Crippen molar-refractivity contribution in [1.82, 2.24) is 14.7 Å². The molecule has 1 aromatic rings. The van der Waals surface area contributed by atoms with Crippen LogP contribution in [0.25, 0.3) is 0 Å². The summed E-state index contributed by atoms with van der Waals surface area (Å²) < 4.78 is 1.14. The summed E-state index contributed by atoms with van der Waals surface area (Å²) >= 11 is 0. The molecule has 0 aromatic carbocycles. The second-order valence-electron chi connectivity index (χ2n) is 5.86. The molecule has 0 saturated carbocycles. The Labute approximate surface area is 122 Å². The lowest BCUT2D eigenvalue weighted by Gasteiger charge is -2.21. The molecule has 1 aliphatic heterocycles. The van der Waals surface area contributed by atoms with E-state index in [-0.39, 0.29) is 12.1 Å². The fraction of sp³-hybridized carbons (Fsp3) is 0.571. The molecule has 7 heteroatoms. The van der Waals surface area contributed by atoms with E-state index in [9.17, 15) is 19.5 Å². The number of amides is 1. The van der Waals surface area contributed by atoms with Gasteiger partial charge in [0.15, 0.2) is 0 Å². The van der Waals surface area contributed by atoms with Gasteiger partial charge in [0.2, 0.25) is 0 Å². The van der Waals surface area contributed by atoms with Gasteiger partial charge in [-0.25, -0.2) is 4.68 Å². The predicted molar refractivity (Wildman–Crippen MR) is 75.2 cm³/mol. The summed E-state index contributed by atoms with van der Waals surface area (Å²) in [6.07, 6.45) is 0.386. The van der Waals surface area contributed by atoms with Gasteiger partial charge in [0.05, 0.1) is 11.1 Å². The average molecular weight is 293 g/mol. The Kier molecular flexibility index (Phi) is 3.61. The van der Waals surface area contributed by atoms with E-state index in [0.29, 0.717) is 24.2 Å². The molecule has 7 nitrogen and oxygen atoms in total. The first kappa shape index (κ1) is 15.2. The molecule has 1 atom stereocenters. The molecule has 1 amide bonds. The Bertz CT molecular complexity index is 680. The van der Waals surface area contributed by atoms with Gasteiger partial charge in [-0.15, -0.1) is 0 Å². The molecular weight excluding hydrogens is 274 g/mol. The normalized spacial score (nSPS) is 21.6. The molecular formula is C14H19N3O4. The van der Waals surface area contributed by atoms with Crippen molar-refractivity contribution in [1.29, 1.82) is 0 Å². The maximum atomic E-state index is 12.6. The number of carboxylic acids is 1. The fourth-order valence-corrected chi connectivity index (χ4v) is 2.57. The Balaban J connectivity index is 2.40. The molecule has 114 valence electrons. The Morgan fingerprint density at radius 1 is 1.33 bits per heavy atom. The topological polar surface area (TPSA) is 92.5 Å². The SMILES string of the molecule is Cc1nn(C)c(=O)c(C(=O)N2CCC(C)(C(=O)O)C2)c1C. The highest BCUT2D eigenvalue weighted by atomic mass is 16.4. The number of hydrogen-bond acceptors (Lipinski definition) is 4. The van der Waals surface area contributed by atoms with Gasteiger partial charge >= 0.3 is 5.97 Å². The zero-order valence-electron chi connectivity index (χ0n) is 12.6. The van der Waals surface area contributed by atoms with Crippen LogP contribution in [0.3, 0.4) is 0 Å². The number of carbonyl (C=O) groups is 2. The largest absolute Gasteiger partial charge is 0.481 e. The number of aryl methyl sites for hydroxylation is 2. The molecule has 1 N–H and O–H groups in total. The summed E-state index contributed by atoms with van der Waals surface area (Å²) in [5.41, 5.74) is -0.156. The summed E-state index contributed by atoms with van der Waals surface area (Å²) in [6, 6.07) is 0. The smallest absolute Gasteiger partial charge is 0.311 e. The Morgan fingerprint density at radius 2 is 1.95 bits per heavy atom. The van der Waals surface area contributed by atoms with E-state index in [1.54, 1.807) is 20.8 Å². The number of aromatic nitrogens is 2. The zero-order valence-corrected chi connectivity index (χ0v) is 12.6. The zero-order chi connectivity index (χ0) is 15.9. The quantitative estimate of drug-likeness (QED) is 0.848. The molecule has 2 rings (SSSR count). The van der Waals surface area contributed by atoms with Crippen LogP contribution in [0.15, 0.2) is 4.79 Å². The lowest BCUT2D eigenvalue weighted by molar-refractivity contribution is -0.147. The van der Waals surface area contributed by atoms with Gasteiger partial charge in [0, 0.05) is 20.1 Å². The van der Waals surface area contributed by atoms with E-state index < -0.39 is 22.9 Å². The van der Waals surface area contributed by atoms with Crippen molar-refractivity contribution in [2.75, 3.05) is 13.1 Å². The molecule has 0 radical (unpaired) electrons. The number of carbonyl (C=O) groups excluding carboxylic acids is 1. The Morgan fingerprint density at radius 3 is 2.48 bits per heavy atom. The minimum Gasteiger partial charge on any atom is -0.481 e. The van der Waals surface area contributed by atoms with Crippen molar-refractivity contribution < 1.29 is 14.7 Å². The van der Waals surface area contributed by atoms with Crippen molar-refractivity contribution in [2.24, 2.45) is 12.5 Å². The number of hydrogen-bond donors (Lipinski definition) is 1. The number of aliphatic carboxylic acids is 1. The van der Waals surface area contributed by atoms with E-state index in [0.717, 1.165) is 4.68 Å². The molecule has 0 aliphatic carbocycles. The fourth-order valence-electron chi connectivity index (χ4n) is 2.57. The van der Waals surface area contributed by atoms with Crippen molar-refractivity contribution in [3.8, 4) is 0 Å². The predicted octanol–water partition coefficient (Wildman–Crippen LogP) is 0.334. The summed E-state index contributed by atoms with van der Waals surface area (Å²) in [5, 5.41) is 13.3. The van der Waals surface area contributed by atoms with Gasteiger partial charge < -0.3 is 10.0 Å². The van der Waals surface area contributed by atoms with Gasteiger partial charge in [-0.1, -0.05) is 0 Å². The van der Waals surface area contributed by atoms with Gasteiger partial charge in [-0.2, -0.15) is 5.10 Å². The molecule has 1 fully saturated rings. The maximum absolute atomic E-state index is 12.6. The molecule has 0 spiro atoms. The molecule has 21 heavy (non-hydrogen) atoms. The van der Waals surface area contributed by atoms with Crippen LogP contribution in [0.1, 0.15) is 35.0 Å². The van der Waals surface area contributed by atoms with Crippen LogP contribution in [-0.2, 0) is 11.8 Å². The van der Waals surface area contributed by atoms with Crippen LogP contribution < -0.4 is 5.56 Å². The van der Waals surface area contributed by atoms with Crippen molar-refractivity contribution in [3.63, 3.8) is 0 Å². The molecule has 1 aliphatic rings. The number of likely N-dealkylation sites (tertiary alicyclic amines) is 1. The van der Waals surface area contributed by atoms with Crippen LogP contribution >= 0.6 is 0 Å². The first-order chi connectivity index (χ1) is 9.67. The number of carboxylic acid groups (broad SMARTS) is 1. The van der Waals surface area contributed by atoms with Crippen LogP contribution in [0.2, 0.25) is 0 Å². The first-order valence-electron chi connectivity index (χ1n) is 6.74. The summed E-state index contributed by atoms with van der Waals surface area (Å²) in [6.45, 7) is 5.49. The summed E-state index contributed by atoms with van der Waals surface area (Å²) in [7, 11) is 1.50. The van der Waals surface area contributed by atoms with Crippen molar-refractivity contribution in [3.05, 3.63) is 27.2 Å². The third kappa shape index (κ3) is 2.43. The van der Waals surface area contributed by atoms with Crippen LogP contribution in [0, 0.1) is 19.3 Å². The summed E-state index contributed by atoms with van der Waals surface area (Å²) in [4.78, 5) is 37.5. The first-order valence-corrected chi connectivity index (χ1v) is 6.74. The maximum Gasteiger partial charge on any atom is 0.311 e. The average Bonchev–Trinajstić information content (AvgIpc) is 2.81. The molecule has 1 unspecified atom stereocenters. The van der Waals surface area contributed by atoms with Crippen molar-refractivity contribution in [2.45, 2.75) is 27.2 Å². The third-order valence-electron chi connectivity index (χ3n) is 4.22. The standard InChI is InChI=1S/C14H19N3O4/c1-8-9(2)15-16(4)11(18)10(8)12(19)17-6-5-14(3,7-17)13(20)21/h5-7H2,1-4H3,(H,20,21). The minimum absolute atomic E-state index is 0.0830. The van der Waals surface area contributed by atoms with Gasteiger partial charge in [0.1, 0.15) is 5.56 Å². The van der Waals surface area contributed by atoms with E-state index in [2.05, 4.69) is 5.10 Å². The second-order valence-corrected chi connectivity index (χ2v) is 5.86. The third-order valence-corrected chi connectivity index (χ3v) is 4.22. The van der Waals surface area contributed by atoms with E-state index in [1.807, 2.05) is 0 Å². The number of nitrogens with zero attached hydrogens (tertiary/aromatic N) is 3. The van der Waals surface area contributed by atoms with E-state index in [4.69, 9.17) is 0 Å². The van der Waals surface area contributed by atoms with Crippen LogP contribution in [-0.4, -0.2) is 44.8 Å². The van der Waals surface area contributed by atoms with Gasteiger partial charge in [-0.05, 0) is 32.8 Å². The molecule has 2 heterocycles. The Hall–Kier alpha value is -2.18. The lowest BCUT2D eigenvalue weighted by atomic mass is 9.90.